The first-order valence-electron chi connectivity index (χ1n) is 22.1. The van der Waals surface area contributed by atoms with Gasteiger partial charge in [0.25, 0.3) is 0 Å². The highest BCUT2D eigenvalue weighted by Gasteiger charge is 2.46. The predicted molar refractivity (Wildman–Crippen MR) is 265 cm³/mol. The Balaban J connectivity index is 1.03. The van der Waals surface area contributed by atoms with E-state index in [1.807, 2.05) is 0 Å². The molecule has 2 aromatic heterocycles. The quantitative estimate of drug-likeness (QED) is 0.158. The molecular weight excluding hydrogens is 761 g/mol. The third kappa shape index (κ3) is 5.31. The van der Waals surface area contributed by atoms with E-state index in [-0.39, 0.29) is 0 Å². The number of hydrogen-bond donors (Lipinski definition) is 0. The molecule has 9 aromatic carbocycles. The zero-order chi connectivity index (χ0) is 41.5. The van der Waals surface area contributed by atoms with Crippen LogP contribution in [0.25, 0.3) is 88.4 Å². The van der Waals surface area contributed by atoms with Crippen molar-refractivity contribution in [3.05, 3.63) is 253 Å². The van der Waals surface area contributed by atoms with Gasteiger partial charge in [-0.2, -0.15) is 0 Å². The average Bonchev–Trinajstić information content (AvgIpc) is 3.98. The Labute approximate surface area is 367 Å². The highest BCUT2D eigenvalue weighted by atomic mass is 15.0. The Morgan fingerprint density at radius 3 is 1.63 bits per heavy atom. The average molecular weight is 803 g/mol. The lowest BCUT2D eigenvalue weighted by Gasteiger charge is -2.34. The summed E-state index contributed by atoms with van der Waals surface area (Å²) in [6.07, 6.45) is 8.85. The van der Waals surface area contributed by atoms with E-state index < -0.39 is 5.41 Å². The molecule has 0 fully saturated rings. The van der Waals surface area contributed by atoms with Crippen molar-refractivity contribution in [1.29, 1.82) is 0 Å². The Kier molecular flexibility index (Phi) is 7.98. The van der Waals surface area contributed by atoms with Gasteiger partial charge in [-0.25, -0.2) is 0 Å². The Morgan fingerprint density at radius 1 is 0.365 bits per heavy atom. The smallest absolute Gasteiger partial charge is 0.0713 e. The van der Waals surface area contributed by atoms with Crippen LogP contribution in [-0.4, -0.2) is 9.13 Å². The van der Waals surface area contributed by atoms with Gasteiger partial charge >= 0.3 is 0 Å². The first kappa shape index (κ1) is 35.8. The van der Waals surface area contributed by atoms with E-state index in [9.17, 15) is 0 Å². The van der Waals surface area contributed by atoms with Crippen molar-refractivity contribution in [3.63, 3.8) is 0 Å². The van der Waals surface area contributed by atoms with Crippen LogP contribution in [0.3, 0.4) is 0 Å². The van der Waals surface area contributed by atoms with E-state index in [1.165, 1.54) is 105 Å². The van der Waals surface area contributed by atoms with Gasteiger partial charge in [0.1, 0.15) is 0 Å². The zero-order valence-electron chi connectivity index (χ0n) is 34.7. The summed E-state index contributed by atoms with van der Waals surface area (Å²) in [6, 6.07) is 79.1. The fourth-order valence-corrected chi connectivity index (χ4v) is 11.1. The summed E-state index contributed by atoms with van der Waals surface area (Å²) in [5.74, 6) is 0. The monoisotopic (exact) mass is 802 g/mol. The third-order valence-corrected chi connectivity index (χ3v) is 13.9. The Morgan fingerprint density at radius 2 is 0.921 bits per heavy atom. The molecular formula is C61H42N2. The summed E-state index contributed by atoms with van der Waals surface area (Å²) in [4.78, 5) is 0. The lowest BCUT2D eigenvalue weighted by Crippen LogP contribution is -2.28. The first-order valence-corrected chi connectivity index (χ1v) is 22.1. The predicted octanol–water partition coefficient (Wildman–Crippen LogP) is 15.8. The van der Waals surface area contributed by atoms with Crippen LogP contribution in [0.15, 0.2) is 231 Å². The van der Waals surface area contributed by atoms with Gasteiger partial charge in [0.2, 0.25) is 0 Å². The van der Waals surface area contributed by atoms with Gasteiger partial charge in [-0.1, -0.05) is 170 Å². The molecule has 0 spiro atoms. The molecule has 296 valence electrons. The molecule has 0 N–H and O–H groups in total. The Hall–Kier alpha value is -7.94. The SMILES string of the molecule is C1=CCCC(n2c3ccc(-c4ccc5c(c4)c4ccccc4n5-c4cccc(-c5ccccc5)c4)cc3c3cc(C4(c5ccccc5)c5ccccc5-c5ccccc54)ccc32)=C1. The van der Waals surface area contributed by atoms with Crippen LogP contribution in [-0.2, 0) is 5.41 Å². The molecule has 2 aliphatic rings. The van der Waals surface area contributed by atoms with Crippen molar-refractivity contribution in [2.24, 2.45) is 0 Å². The largest absolute Gasteiger partial charge is 0.313 e. The fraction of sp³-hybridized carbons (Fsp3) is 0.0492. The standard InChI is InChI=1S/C61H42N2/c1-4-17-41(18-5-1)42-19-16-24-48(37-42)63-57-30-15-12-27-51(57)52-38-43(31-34-58(52)63)44-32-35-59-53(39-44)54-40-46(33-36-60(54)62(59)47-22-8-3-9-23-47)61(45-20-6-2-7-21-45)55-28-13-10-25-49(55)50-26-11-14-29-56(50)61/h1-8,10-22,24-40H,9,23H2. The maximum atomic E-state index is 2.52. The molecule has 0 saturated carbocycles. The van der Waals surface area contributed by atoms with Crippen LogP contribution in [0.4, 0.5) is 0 Å². The minimum Gasteiger partial charge on any atom is -0.313 e. The van der Waals surface area contributed by atoms with Crippen LogP contribution in [0, 0.1) is 0 Å². The van der Waals surface area contributed by atoms with E-state index in [0.29, 0.717) is 0 Å². The van der Waals surface area contributed by atoms with Crippen LogP contribution in [0.1, 0.15) is 35.1 Å². The van der Waals surface area contributed by atoms with E-state index in [4.69, 9.17) is 0 Å². The number of fused-ring (bicyclic) bond motifs is 9. The molecule has 0 radical (unpaired) electrons. The van der Waals surface area contributed by atoms with E-state index in [0.717, 1.165) is 18.5 Å². The lowest BCUT2D eigenvalue weighted by molar-refractivity contribution is 0.770. The molecule has 0 aliphatic heterocycles. The first-order chi connectivity index (χ1) is 31.3. The minimum atomic E-state index is -0.471. The maximum absolute atomic E-state index is 2.52. The normalized spacial score (nSPS) is 14.1. The molecule has 2 heteroatoms. The molecule has 63 heavy (non-hydrogen) atoms. The second-order valence-electron chi connectivity index (χ2n) is 17.1. The van der Waals surface area contributed by atoms with Crippen LogP contribution in [0.5, 0.6) is 0 Å². The molecule has 2 aliphatic carbocycles. The van der Waals surface area contributed by atoms with Crippen molar-refractivity contribution in [1.82, 2.24) is 9.13 Å². The molecule has 0 saturated heterocycles. The zero-order valence-corrected chi connectivity index (χ0v) is 34.7. The summed E-state index contributed by atoms with van der Waals surface area (Å²) < 4.78 is 4.95. The molecule has 0 amide bonds. The van der Waals surface area contributed by atoms with Crippen molar-refractivity contribution in [2.45, 2.75) is 18.3 Å². The summed E-state index contributed by atoms with van der Waals surface area (Å²) in [5, 5.41) is 5.04. The molecule has 0 bridgehead atoms. The van der Waals surface area contributed by atoms with Gasteiger partial charge in [0, 0.05) is 32.9 Å². The Bertz CT molecular complexity index is 3630. The van der Waals surface area contributed by atoms with Crippen molar-refractivity contribution >= 4 is 49.3 Å². The summed E-state index contributed by atoms with van der Waals surface area (Å²) in [7, 11) is 0. The molecule has 13 rings (SSSR count). The number of aromatic nitrogens is 2. The van der Waals surface area contributed by atoms with Crippen LogP contribution < -0.4 is 0 Å². The van der Waals surface area contributed by atoms with Gasteiger partial charge < -0.3 is 9.13 Å². The van der Waals surface area contributed by atoms with E-state index >= 15 is 0 Å². The fourth-order valence-electron chi connectivity index (χ4n) is 11.1. The summed E-state index contributed by atoms with van der Waals surface area (Å²) in [5.41, 5.74) is 19.6. The second kappa shape index (κ2) is 14.1. The van der Waals surface area contributed by atoms with Crippen LogP contribution >= 0.6 is 0 Å². The van der Waals surface area contributed by atoms with E-state index in [1.54, 1.807) is 0 Å². The van der Waals surface area contributed by atoms with Crippen molar-refractivity contribution < 1.29 is 0 Å². The lowest BCUT2D eigenvalue weighted by atomic mass is 9.67. The topological polar surface area (TPSA) is 9.86 Å². The van der Waals surface area contributed by atoms with Crippen molar-refractivity contribution in [3.8, 4) is 39.1 Å². The van der Waals surface area contributed by atoms with Gasteiger partial charge in [0.15, 0.2) is 0 Å². The highest BCUT2D eigenvalue weighted by Crippen LogP contribution is 2.56. The minimum absolute atomic E-state index is 0.471. The maximum Gasteiger partial charge on any atom is 0.0713 e. The number of para-hydroxylation sites is 1. The van der Waals surface area contributed by atoms with Gasteiger partial charge in [0.05, 0.1) is 27.5 Å². The molecule has 2 heterocycles. The van der Waals surface area contributed by atoms with E-state index in [2.05, 4.69) is 240 Å². The van der Waals surface area contributed by atoms with Crippen molar-refractivity contribution in [2.75, 3.05) is 0 Å². The molecule has 11 aromatic rings. The van der Waals surface area contributed by atoms with Gasteiger partial charge in [-0.3, -0.25) is 0 Å². The highest BCUT2D eigenvalue weighted by molar-refractivity contribution is 6.13. The summed E-state index contributed by atoms with van der Waals surface area (Å²) >= 11 is 0. The second-order valence-corrected chi connectivity index (χ2v) is 17.1. The summed E-state index contributed by atoms with van der Waals surface area (Å²) in [6.45, 7) is 0. The number of benzene rings is 9. The number of nitrogens with zero attached hydrogens (tertiary/aromatic N) is 2. The van der Waals surface area contributed by atoms with Crippen LogP contribution in [0.2, 0.25) is 0 Å². The van der Waals surface area contributed by atoms with Gasteiger partial charge in [-0.15, -0.1) is 0 Å². The number of allylic oxidation sites excluding steroid dienone is 4. The molecule has 0 unspecified atom stereocenters. The molecule has 2 nitrogen and oxygen atoms in total. The number of rotatable bonds is 6. The number of hydrogen-bond acceptors (Lipinski definition) is 0. The third-order valence-electron chi connectivity index (χ3n) is 13.9. The van der Waals surface area contributed by atoms with Gasteiger partial charge in [-0.05, 0) is 129 Å². The molecule has 0 atom stereocenters.